The second kappa shape index (κ2) is 9.16. The number of hydrazone groups is 1. The maximum Gasteiger partial charge on any atom is 0.250 e. The lowest BCUT2D eigenvalue weighted by atomic mass is 10.2. The van der Waals surface area contributed by atoms with Crippen molar-refractivity contribution in [1.29, 1.82) is 0 Å². The van der Waals surface area contributed by atoms with Crippen LogP contribution >= 0.6 is 11.8 Å². The van der Waals surface area contributed by atoms with Crippen LogP contribution in [-0.4, -0.2) is 32.4 Å². The Balaban J connectivity index is 1.45. The second-order valence-electron chi connectivity index (χ2n) is 6.32. The molecule has 4 rings (SSSR count). The van der Waals surface area contributed by atoms with Crippen molar-refractivity contribution in [2.75, 3.05) is 5.75 Å². The third-order valence-corrected chi connectivity index (χ3v) is 5.22. The Morgan fingerprint density at radius 2 is 1.79 bits per heavy atom. The minimum Gasteiger partial charge on any atom is -0.314 e. The molecular weight excluding hydrogens is 382 g/mol. The van der Waals surface area contributed by atoms with E-state index in [1.54, 1.807) is 18.6 Å². The number of para-hydroxylation sites is 2. The molecule has 4 aromatic rings. The predicted molar refractivity (Wildman–Crippen MR) is 116 cm³/mol. The van der Waals surface area contributed by atoms with Crippen LogP contribution in [0, 0.1) is 0 Å². The fourth-order valence-corrected chi connectivity index (χ4v) is 3.68. The minimum absolute atomic E-state index is 0.182. The fraction of sp³-hybridized carbons (Fsp3) is 0.0909. The van der Waals surface area contributed by atoms with Crippen molar-refractivity contribution in [3.05, 3.63) is 90.3 Å². The van der Waals surface area contributed by atoms with Crippen molar-refractivity contribution in [2.45, 2.75) is 11.7 Å². The van der Waals surface area contributed by atoms with E-state index < -0.39 is 0 Å². The molecular formula is C22H19N5OS. The SMILES string of the molecule is O=C(CSc1nc2ccccc2n1Cc1ccccc1)NN=Cc1ccncc1. The first-order valence-corrected chi connectivity index (χ1v) is 10.1. The molecule has 1 amide bonds. The van der Waals surface area contributed by atoms with E-state index in [1.807, 2.05) is 48.5 Å². The highest BCUT2D eigenvalue weighted by Gasteiger charge is 2.13. The molecule has 6 nitrogen and oxygen atoms in total. The molecule has 0 spiro atoms. The number of nitrogens with zero attached hydrogens (tertiary/aromatic N) is 4. The molecule has 0 aliphatic heterocycles. The molecule has 0 saturated carbocycles. The Hall–Kier alpha value is -3.45. The largest absolute Gasteiger partial charge is 0.314 e. The van der Waals surface area contributed by atoms with Crippen LogP contribution in [0.1, 0.15) is 11.1 Å². The van der Waals surface area contributed by atoms with Gasteiger partial charge in [0.2, 0.25) is 0 Å². The van der Waals surface area contributed by atoms with Gasteiger partial charge in [-0.15, -0.1) is 0 Å². The van der Waals surface area contributed by atoms with Crippen molar-refractivity contribution in [2.24, 2.45) is 5.10 Å². The maximum atomic E-state index is 12.2. The van der Waals surface area contributed by atoms with Crippen molar-refractivity contribution in [1.82, 2.24) is 20.0 Å². The van der Waals surface area contributed by atoms with Gasteiger partial charge in [-0.2, -0.15) is 5.10 Å². The first kappa shape index (κ1) is 18.9. The normalized spacial score (nSPS) is 11.2. The lowest BCUT2D eigenvalue weighted by molar-refractivity contribution is -0.118. The lowest BCUT2D eigenvalue weighted by Crippen LogP contribution is -2.20. The van der Waals surface area contributed by atoms with Crippen LogP contribution in [0.5, 0.6) is 0 Å². The molecule has 2 heterocycles. The molecule has 2 aromatic carbocycles. The quantitative estimate of drug-likeness (QED) is 0.291. The standard InChI is InChI=1S/C22H19N5OS/c28-21(26-24-14-17-10-12-23-13-11-17)16-29-22-25-19-8-4-5-9-20(19)27(22)15-18-6-2-1-3-7-18/h1-14H,15-16H2,(H,26,28). The van der Waals surface area contributed by atoms with E-state index in [-0.39, 0.29) is 11.7 Å². The molecule has 29 heavy (non-hydrogen) atoms. The zero-order valence-corrected chi connectivity index (χ0v) is 16.4. The zero-order chi connectivity index (χ0) is 19.9. The molecule has 0 aliphatic rings. The topological polar surface area (TPSA) is 72.2 Å². The Labute approximate surface area is 172 Å². The number of carbonyl (C=O) groups is 1. The fourth-order valence-electron chi connectivity index (χ4n) is 2.87. The summed E-state index contributed by atoms with van der Waals surface area (Å²) in [4.78, 5) is 20.9. The number of thioether (sulfide) groups is 1. The van der Waals surface area contributed by atoms with Crippen LogP contribution in [0.15, 0.2) is 89.4 Å². The summed E-state index contributed by atoms with van der Waals surface area (Å²) in [5.74, 6) is 0.0461. The Kier molecular flexibility index (Phi) is 5.97. The predicted octanol–water partition coefficient (Wildman–Crippen LogP) is 3.72. The van der Waals surface area contributed by atoms with Crippen LogP contribution < -0.4 is 5.43 Å². The number of imidazole rings is 1. The van der Waals surface area contributed by atoms with Crippen LogP contribution in [-0.2, 0) is 11.3 Å². The molecule has 0 bridgehead atoms. The molecule has 0 unspecified atom stereocenters. The van der Waals surface area contributed by atoms with Crippen LogP contribution in [0.25, 0.3) is 11.0 Å². The summed E-state index contributed by atoms with van der Waals surface area (Å²) in [6.45, 7) is 0.700. The summed E-state index contributed by atoms with van der Waals surface area (Å²) in [7, 11) is 0. The van der Waals surface area contributed by atoms with E-state index in [1.165, 1.54) is 17.3 Å². The van der Waals surface area contributed by atoms with E-state index in [4.69, 9.17) is 4.98 Å². The van der Waals surface area contributed by atoms with Crippen LogP contribution in [0.3, 0.4) is 0 Å². The lowest BCUT2D eigenvalue weighted by Gasteiger charge is -2.09. The van der Waals surface area contributed by atoms with Gasteiger partial charge in [0.1, 0.15) is 0 Å². The molecule has 2 aromatic heterocycles. The van der Waals surface area contributed by atoms with E-state index in [2.05, 4.69) is 38.3 Å². The number of nitrogens with one attached hydrogen (secondary N) is 1. The number of benzene rings is 2. The van der Waals surface area contributed by atoms with E-state index in [0.29, 0.717) is 6.54 Å². The first-order chi connectivity index (χ1) is 14.3. The van der Waals surface area contributed by atoms with Gasteiger partial charge in [-0.05, 0) is 35.4 Å². The highest BCUT2D eigenvalue weighted by Crippen LogP contribution is 2.25. The number of hydrogen-bond acceptors (Lipinski definition) is 5. The zero-order valence-electron chi connectivity index (χ0n) is 15.6. The van der Waals surface area contributed by atoms with Crippen molar-refractivity contribution >= 4 is 34.9 Å². The molecule has 1 N–H and O–H groups in total. The van der Waals surface area contributed by atoms with Gasteiger partial charge in [0, 0.05) is 12.4 Å². The second-order valence-corrected chi connectivity index (χ2v) is 7.26. The van der Waals surface area contributed by atoms with Crippen molar-refractivity contribution in [3.63, 3.8) is 0 Å². The van der Waals surface area contributed by atoms with Gasteiger partial charge in [-0.1, -0.05) is 54.2 Å². The van der Waals surface area contributed by atoms with Gasteiger partial charge in [-0.25, -0.2) is 10.4 Å². The van der Waals surface area contributed by atoms with Gasteiger partial charge in [0.25, 0.3) is 5.91 Å². The molecule has 144 valence electrons. The number of pyridine rings is 1. The molecule has 0 fully saturated rings. The monoisotopic (exact) mass is 401 g/mol. The number of rotatable bonds is 7. The van der Waals surface area contributed by atoms with E-state index >= 15 is 0 Å². The number of amides is 1. The third-order valence-electron chi connectivity index (χ3n) is 4.24. The first-order valence-electron chi connectivity index (χ1n) is 9.13. The van der Waals surface area contributed by atoms with Gasteiger partial charge in [0.15, 0.2) is 5.16 Å². The molecule has 0 radical (unpaired) electrons. The third kappa shape index (κ3) is 4.89. The highest BCUT2D eigenvalue weighted by molar-refractivity contribution is 7.99. The Bertz CT molecular complexity index is 1130. The van der Waals surface area contributed by atoms with Gasteiger partial charge < -0.3 is 4.57 Å². The van der Waals surface area contributed by atoms with Gasteiger partial charge >= 0.3 is 0 Å². The van der Waals surface area contributed by atoms with Crippen LogP contribution in [0.2, 0.25) is 0 Å². The smallest absolute Gasteiger partial charge is 0.250 e. The maximum absolute atomic E-state index is 12.2. The number of carbonyl (C=O) groups excluding carboxylic acids is 1. The molecule has 7 heteroatoms. The summed E-state index contributed by atoms with van der Waals surface area (Å²) in [6, 6.07) is 21.9. The molecule has 0 aliphatic carbocycles. The minimum atomic E-state index is -0.182. The number of fused-ring (bicyclic) bond motifs is 1. The van der Waals surface area contributed by atoms with Crippen molar-refractivity contribution < 1.29 is 4.79 Å². The highest BCUT2D eigenvalue weighted by atomic mass is 32.2. The van der Waals surface area contributed by atoms with Crippen LogP contribution in [0.4, 0.5) is 0 Å². The Morgan fingerprint density at radius 3 is 2.62 bits per heavy atom. The van der Waals surface area contributed by atoms with Crippen molar-refractivity contribution in [3.8, 4) is 0 Å². The molecule has 0 atom stereocenters. The average molecular weight is 401 g/mol. The number of aromatic nitrogens is 3. The van der Waals surface area contributed by atoms with Gasteiger partial charge in [0.05, 0.1) is 29.5 Å². The number of hydrogen-bond donors (Lipinski definition) is 1. The summed E-state index contributed by atoms with van der Waals surface area (Å²) in [6.07, 6.45) is 4.95. The summed E-state index contributed by atoms with van der Waals surface area (Å²) in [5.41, 5.74) is 6.58. The summed E-state index contributed by atoms with van der Waals surface area (Å²) >= 11 is 1.40. The average Bonchev–Trinajstić information content (AvgIpc) is 3.11. The van der Waals surface area contributed by atoms with Gasteiger partial charge in [-0.3, -0.25) is 9.78 Å². The van der Waals surface area contributed by atoms with E-state index in [0.717, 1.165) is 21.8 Å². The summed E-state index contributed by atoms with van der Waals surface area (Å²) < 4.78 is 2.14. The summed E-state index contributed by atoms with van der Waals surface area (Å²) in [5, 5.41) is 4.80. The van der Waals surface area contributed by atoms with E-state index in [9.17, 15) is 4.79 Å². The Morgan fingerprint density at radius 1 is 1.03 bits per heavy atom. The molecule has 0 saturated heterocycles.